The third kappa shape index (κ3) is 3.90. The van der Waals surface area contributed by atoms with Crippen molar-refractivity contribution in [2.75, 3.05) is 0 Å². The molecule has 22 heavy (non-hydrogen) atoms. The highest BCUT2D eigenvalue weighted by atomic mass is 16.2. The lowest BCUT2D eigenvalue weighted by atomic mass is 9.61. The van der Waals surface area contributed by atoms with Gasteiger partial charge in [0, 0.05) is 11.1 Å². The molecule has 2 N–H and O–H groups in total. The zero-order valence-electron chi connectivity index (χ0n) is 14.7. The van der Waals surface area contributed by atoms with Crippen molar-refractivity contribution in [3.63, 3.8) is 0 Å². The summed E-state index contributed by atoms with van der Waals surface area (Å²) >= 11 is 0. The predicted octanol–water partition coefficient (Wildman–Crippen LogP) is 2.64. The minimum absolute atomic E-state index is 0.0145. The van der Waals surface area contributed by atoms with Gasteiger partial charge in [0.05, 0.1) is 11.8 Å². The van der Waals surface area contributed by atoms with Gasteiger partial charge in [0.1, 0.15) is 0 Å². The second-order valence-corrected chi connectivity index (χ2v) is 8.82. The zero-order valence-corrected chi connectivity index (χ0v) is 14.7. The first kappa shape index (κ1) is 17.0. The first-order chi connectivity index (χ1) is 9.98. The molecule has 0 aromatic heterocycles. The van der Waals surface area contributed by atoms with Crippen molar-refractivity contribution in [3.05, 3.63) is 12.2 Å². The van der Waals surface area contributed by atoms with Crippen LogP contribution in [0, 0.1) is 23.7 Å². The van der Waals surface area contributed by atoms with Gasteiger partial charge in [-0.05, 0) is 66.2 Å². The fraction of sp³-hybridized carbons (Fsp3) is 0.778. The van der Waals surface area contributed by atoms with Gasteiger partial charge < -0.3 is 10.6 Å². The quantitative estimate of drug-likeness (QED) is 0.771. The van der Waals surface area contributed by atoms with Crippen molar-refractivity contribution in [1.29, 1.82) is 0 Å². The summed E-state index contributed by atoms with van der Waals surface area (Å²) in [5.74, 6) is -0.0944. The molecule has 3 aliphatic rings. The Morgan fingerprint density at radius 1 is 0.773 bits per heavy atom. The minimum Gasteiger partial charge on any atom is -0.351 e. The lowest BCUT2D eigenvalue weighted by molar-refractivity contribution is -0.142. The van der Waals surface area contributed by atoms with E-state index in [1.54, 1.807) is 0 Å². The Morgan fingerprint density at radius 2 is 1.09 bits per heavy atom. The number of allylic oxidation sites excluding steroid dienone is 2. The summed E-state index contributed by atoms with van der Waals surface area (Å²) < 4.78 is 0. The number of carbonyl (C=O) groups is 2. The summed E-state index contributed by atoms with van der Waals surface area (Å²) in [5, 5.41) is 6.14. The van der Waals surface area contributed by atoms with Gasteiger partial charge in [-0.1, -0.05) is 12.2 Å². The maximum Gasteiger partial charge on any atom is 0.224 e. The summed E-state index contributed by atoms with van der Waals surface area (Å²) in [4.78, 5) is 25.5. The molecule has 3 rings (SSSR count). The molecule has 0 aromatic carbocycles. The van der Waals surface area contributed by atoms with Crippen LogP contribution in [0.4, 0.5) is 0 Å². The topological polar surface area (TPSA) is 58.2 Å². The number of nitrogens with one attached hydrogen (secondary N) is 2. The normalized spacial score (nSPS) is 31.0. The molecule has 4 atom stereocenters. The average Bonchev–Trinajstić information content (AvgIpc) is 2.34. The Kier molecular flexibility index (Phi) is 4.42. The molecule has 0 unspecified atom stereocenters. The molecule has 0 saturated heterocycles. The van der Waals surface area contributed by atoms with E-state index in [0.29, 0.717) is 0 Å². The molecule has 4 nitrogen and oxygen atoms in total. The second-order valence-electron chi connectivity index (χ2n) is 8.82. The number of amides is 2. The minimum atomic E-state index is -0.275. The molecule has 0 spiro atoms. The molecule has 0 heterocycles. The Labute approximate surface area is 134 Å². The van der Waals surface area contributed by atoms with E-state index in [9.17, 15) is 9.59 Å². The smallest absolute Gasteiger partial charge is 0.224 e. The number of carbonyl (C=O) groups excluding carboxylic acids is 2. The fourth-order valence-electron chi connectivity index (χ4n) is 3.61. The number of fused-ring (bicyclic) bond motifs is 2. The van der Waals surface area contributed by atoms with Crippen LogP contribution in [0.25, 0.3) is 0 Å². The number of rotatable bonds is 2. The molecule has 0 aromatic rings. The van der Waals surface area contributed by atoms with Crippen LogP contribution >= 0.6 is 0 Å². The lowest BCUT2D eigenvalue weighted by Gasteiger charge is -2.44. The van der Waals surface area contributed by atoms with E-state index in [-0.39, 0.29) is 46.6 Å². The molecule has 2 bridgehead atoms. The van der Waals surface area contributed by atoms with Gasteiger partial charge in [-0.15, -0.1) is 0 Å². The van der Waals surface area contributed by atoms with Crippen LogP contribution in [0.15, 0.2) is 12.2 Å². The molecular formula is C18H30N2O2. The van der Waals surface area contributed by atoms with Gasteiger partial charge in [-0.3, -0.25) is 9.59 Å². The third-order valence-electron chi connectivity index (χ3n) is 4.35. The monoisotopic (exact) mass is 306 g/mol. The van der Waals surface area contributed by atoms with Crippen LogP contribution in [0.1, 0.15) is 54.4 Å². The van der Waals surface area contributed by atoms with Crippen molar-refractivity contribution in [2.24, 2.45) is 23.7 Å². The summed E-state index contributed by atoms with van der Waals surface area (Å²) in [7, 11) is 0. The predicted molar refractivity (Wildman–Crippen MR) is 88.1 cm³/mol. The standard InChI is InChI=1S/C18H30N2O2/c1-17(2,3)19-15(21)13-11-7-9-12(10-8-11)14(13)16(22)20-18(4,5)6/h7,9,11-14H,8,10H2,1-6H3,(H,19,21)(H,20,22)/t11-,12-,13-,14-/m0/s1. The Morgan fingerprint density at radius 3 is 1.32 bits per heavy atom. The maximum absolute atomic E-state index is 12.8. The van der Waals surface area contributed by atoms with Gasteiger partial charge >= 0.3 is 0 Å². The molecule has 3 aliphatic carbocycles. The van der Waals surface area contributed by atoms with Crippen molar-refractivity contribution >= 4 is 11.8 Å². The molecule has 0 radical (unpaired) electrons. The van der Waals surface area contributed by atoms with E-state index in [1.807, 2.05) is 41.5 Å². The van der Waals surface area contributed by atoms with Gasteiger partial charge in [0.2, 0.25) is 11.8 Å². The van der Waals surface area contributed by atoms with Crippen molar-refractivity contribution < 1.29 is 9.59 Å². The van der Waals surface area contributed by atoms with E-state index in [4.69, 9.17) is 0 Å². The Bertz CT molecular complexity index is 438. The van der Waals surface area contributed by atoms with Crippen LogP contribution < -0.4 is 10.6 Å². The van der Waals surface area contributed by atoms with Crippen LogP contribution in [-0.2, 0) is 9.59 Å². The summed E-state index contributed by atoms with van der Waals surface area (Å²) in [6.07, 6.45) is 6.29. The largest absolute Gasteiger partial charge is 0.351 e. The second kappa shape index (κ2) is 5.71. The van der Waals surface area contributed by atoms with Gasteiger partial charge in [0.15, 0.2) is 0 Å². The first-order valence-corrected chi connectivity index (χ1v) is 8.30. The molecule has 0 aliphatic heterocycles. The molecule has 1 saturated carbocycles. The van der Waals surface area contributed by atoms with Crippen LogP contribution in [-0.4, -0.2) is 22.9 Å². The van der Waals surface area contributed by atoms with Crippen molar-refractivity contribution in [2.45, 2.75) is 65.5 Å². The third-order valence-corrected chi connectivity index (χ3v) is 4.35. The zero-order chi connectivity index (χ0) is 16.7. The first-order valence-electron chi connectivity index (χ1n) is 8.30. The molecule has 2 amide bonds. The van der Waals surface area contributed by atoms with Crippen LogP contribution in [0.3, 0.4) is 0 Å². The van der Waals surface area contributed by atoms with E-state index in [1.165, 1.54) is 0 Å². The highest BCUT2D eigenvalue weighted by Crippen LogP contribution is 2.45. The summed E-state index contributed by atoms with van der Waals surface area (Å²) in [5.41, 5.74) is -0.551. The molecule has 124 valence electrons. The average molecular weight is 306 g/mol. The van der Waals surface area contributed by atoms with E-state index < -0.39 is 0 Å². The van der Waals surface area contributed by atoms with E-state index >= 15 is 0 Å². The van der Waals surface area contributed by atoms with Crippen LogP contribution in [0.5, 0.6) is 0 Å². The SMILES string of the molecule is CC(C)(C)NC(=O)[C@@H]1[C@@H](C(=O)NC(C)(C)C)[C@H]2C=C[C@H]1CC2. The van der Waals surface area contributed by atoms with Gasteiger partial charge in [-0.2, -0.15) is 0 Å². The summed E-state index contributed by atoms with van der Waals surface area (Å²) in [6, 6.07) is 0. The van der Waals surface area contributed by atoms with Crippen molar-refractivity contribution in [3.8, 4) is 0 Å². The number of hydrogen-bond acceptors (Lipinski definition) is 2. The fourth-order valence-corrected chi connectivity index (χ4v) is 3.61. The van der Waals surface area contributed by atoms with E-state index in [2.05, 4.69) is 22.8 Å². The molecule has 4 heteroatoms. The molecule has 1 fully saturated rings. The highest BCUT2D eigenvalue weighted by molar-refractivity contribution is 5.89. The van der Waals surface area contributed by atoms with Crippen molar-refractivity contribution in [1.82, 2.24) is 10.6 Å². The summed E-state index contributed by atoms with van der Waals surface area (Å²) in [6.45, 7) is 11.9. The van der Waals surface area contributed by atoms with E-state index in [0.717, 1.165) is 12.8 Å². The highest BCUT2D eigenvalue weighted by Gasteiger charge is 2.48. The Balaban J connectivity index is 2.23. The Hall–Kier alpha value is -1.32. The molecular weight excluding hydrogens is 276 g/mol. The maximum atomic E-state index is 12.8. The number of hydrogen-bond donors (Lipinski definition) is 2. The van der Waals surface area contributed by atoms with Gasteiger partial charge in [0.25, 0.3) is 0 Å². The van der Waals surface area contributed by atoms with Crippen LogP contribution in [0.2, 0.25) is 0 Å². The lowest BCUT2D eigenvalue weighted by Crippen LogP contribution is -2.56. The van der Waals surface area contributed by atoms with Gasteiger partial charge in [-0.25, -0.2) is 0 Å².